The number of nitrogens with zero attached hydrogens (tertiary/aromatic N) is 3. The standard InChI is InChI=1S/C38H39FN4O5/c39-31-10-2-1-6-28(31)22-34(45)42-19-15-26(16-20-42)25-13-17-41(18-14-25)23-24-5-3-7-27(21-24)29-8-4-9-30-35(29)38(48)43(37(30)47)32-11-12-33(44)40-36(32)46/h1-10,21,25-26,32H,11-20,22-23H2,(H,40,44,46). The number of nitrogens with one attached hydrogen (secondary N) is 1. The average Bonchev–Trinajstić information content (AvgIpc) is 3.35. The van der Waals surface area contributed by atoms with Gasteiger partial charge in [-0.2, -0.15) is 0 Å². The fourth-order valence-electron chi connectivity index (χ4n) is 7.97. The van der Waals surface area contributed by atoms with Crippen LogP contribution in [-0.2, 0) is 27.3 Å². The van der Waals surface area contributed by atoms with Crippen molar-refractivity contribution >= 4 is 29.5 Å². The number of benzene rings is 3. The lowest BCUT2D eigenvalue weighted by Gasteiger charge is -2.40. The Morgan fingerprint density at radius 3 is 2.19 bits per heavy atom. The van der Waals surface area contributed by atoms with Crippen LogP contribution in [0.25, 0.3) is 11.1 Å². The van der Waals surface area contributed by atoms with Gasteiger partial charge in [0.25, 0.3) is 11.8 Å². The summed E-state index contributed by atoms with van der Waals surface area (Å²) < 4.78 is 14.0. The molecule has 0 saturated carbocycles. The minimum absolute atomic E-state index is 0.00124. The predicted molar refractivity (Wildman–Crippen MR) is 176 cm³/mol. The van der Waals surface area contributed by atoms with E-state index >= 15 is 0 Å². The van der Waals surface area contributed by atoms with Crippen molar-refractivity contribution in [3.63, 3.8) is 0 Å². The van der Waals surface area contributed by atoms with Crippen LogP contribution >= 0.6 is 0 Å². The summed E-state index contributed by atoms with van der Waals surface area (Å²) in [5.74, 6) is -1.15. The van der Waals surface area contributed by atoms with Crippen molar-refractivity contribution in [2.24, 2.45) is 11.8 Å². The molecule has 1 unspecified atom stereocenters. The molecule has 0 spiro atoms. The number of fused-ring (bicyclic) bond motifs is 1. The summed E-state index contributed by atoms with van der Waals surface area (Å²) >= 11 is 0. The Labute approximate surface area is 279 Å². The topological polar surface area (TPSA) is 107 Å². The van der Waals surface area contributed by atoms with E-state index in [9.17, 15) is 28.4 Å². The van der Waals surface area contributed by atoms with E-state index in [1.54, 1.807) is 30.3 Å². The maximum Gasteiger partial charge on any atom is 0.262 e. The van der Waals surface area contributed by atoms with E-state index in [1.807, 2.05) is 23.1 Å². The fourth-order valence-corrected chi connectivity index (χ4v) is 7.97. The highest BCUT2D eigenvalue weighted by Crippen LogP contribution is 2.36. The summed E-state index contributed by atoms with van der Waals surface area (Å²) in [6.45, 7) is 4.20. The van der Waals surface area contributed by atoms with E-state index in [1.165, 1.54) is 6.07 Å². The van der Waals surface area contributed by atoms with E-state index in [0.29, 0.717) is 28.5 Å². The Morgan fingerprint density at radius 1 is 0.771 bits per heavy atom. The third kappa shape index (κ3) is 6.29. The Balaban J connectivity index is 0.948. The van der Waals surface area contributed by atoms with Crippen molar-refractivity contribution in [2.75, 3.05) is 26.2 Å². The molecule has 9 nitrogen and oxygen atoms in total. The number of imide groups is 2. The molecule has 0 aliphatic carbocycles. The number of amides is 5. The molecule has 10 heteroatoms. The van der Waals surface area contributed by atoms with Gasteiger partial charge in [0, 0.05) is 26.1 Å². The Morgan fingerprint density at radius 2 is 1.46 bits per heavy atom. The number of piperidine rings is 3. The molecule has 4 heterocycles. The molecule has 3 saturated heterocycles. The maximum absolute atomic E-state index is 14.0. The lowest BCUT2D eigenvalue weighted by molar-refractivity contribution is -0.136. The van der Waals surface area contributed by atoms with Crippen molar-refractivity contribution < 1.29 is 28.4 Å². The second kappa shape index (κ2) is 13.4. The van der Waals surface area contributed by atoms with Crippen LogP contribution in [0.3, 0.4) is 0 Å². The second-order valence-corrected chi connectivity index (χ2v) is 13.5. The van der Waals surface area contributed by atoms with Gasteiger partial charge in [0.2, 0.25) is 17.7 Å². The van der Waals surface area contributed by atoms with Crippen molar-refractivity contribution in [3.8, 4) is 11.1 Å². The quantitative estimate of drug-likeness (QED) is 0.375. The van der Waals surface area contributed by atoms with Gasteiger partial charge in [-0.15, -0.1) is 0 Å². The highest BCUT2D eigenvalue weighted by molar-refractivity contribution is 6.25. The first kappa shape index (κ1) is 31.9. The first-order chi connectivity index (χ1) is 23.3. The second-order valence-electron chi connectivity index (χ2n) is 13.5. The molecule has 7 rings (SSSR count). The summed E-state index contributed by atoms with van der Waals surface area (Å²) in [5.41, 5.74) is 3.63. The van der Waals surface area contributed by atoms with Crippen LogP contribution in [-0.4, -0.2) is 76.5 Å². The van der Waals surface area contributed by atoms with Crippen LogP contribution in [0.15, 0.2) is 66.7 Å². The minimum atomic E-state index is -1.00. The third-order valence-electron chi connectivity index (χ3n) is 10.6. The zero-order valence-corrected chi connectivity index (χ0v) is 26.8. The largest absolute Gasteiger partial charge is 0.342 e. The van der Waals surface area contributed by atoms with Gasteiger partial charge in [-0.1, -0.05) is 48.5 Å². The number of likely N-dealkylation sites (tertiary alicyclic amines) is 2. The predicted octanol–water partition coefficient (Wildman–Crippen LogP) is 4.59. The summed E-state index contributed by atoms with van der Waals surface area (Å²) in [4.78, 5) is 69.3. The molecule has 0 aromatic heterocycles. The van der Waals surface area contributed by atoms with Gasteiger partial charge in [0.15, 0.2) is 0 Å². The van der Waals surface area contributed by atoms with Gasteiger partial charge in [-0.25, -0.2) is 4.39 Å². The average molecular weight is 651 g/mol. The van der Waals surface area contributed by atoms with Gasteiger partial charge in [0.05, 0.1) is 17.5 Å². The molecule has 3 fully saturated rings. The highest BCUT2D eigenvalue weighted by atomic mass is 19.1. The van der Waals surface area contributed by atoms with Crippen LogP contribution in [0, 0.1) is 17.7 Å². The molecule has 0 bridgehead atoms. The number of hydrogen-bond donors (Lipinski definition) is 1. The van der Waals surface area contributed by atoms with Gasteiger partial charge in [0.1, 0.15) is 11.9 Å². The maximum atomic E-state index is 14.0. The van der Waals surface area contributed by atoms with Gasteiger partial charge >= 0.3 is 0 Å². The third-order valence-corrected chi connectivity index (χ3v) is 10.6. The van der Waals surface area contributed by atoms with E-state index in [0.717, 1.165) is 74.4 Å². The van der Waals surface area contributed by atoms with Gasteiger partial charge in [-0.3, -0.25) is 39.1 Å². The zero-order chi connectivity index (χ0) is 33.4. The lowest BCUT2D eigenvalue weighted by Crippen LogP contribution is -2.54. The number of carbonyl (C=O) groups excluding carboxylic acids is 5. The first-order valence-electron chi connectivity index (χ1n) is 16.9. The zero-order valence-electron chi connectivity index (χ0n) is 26.8. The molecule has 3 aromatic carbocycles. The smallest absolute Gasteiger partial charge is 0.262 e. The SMILES string of the molecule is O=C1CCC(N2C(=O)c3cccc(-c4cccc(CN5CCC(C6CCN(C(=O)Cc7ccccc7F)CC6)CC5)c4)c3C2=O)C(=O)N1. The van der Waals surface area contributed by atoms with Gasteiger partial charge in [-0.05, 0) is 97.5 Å². The molecule has 3 aromatic rings. The minimum Gasteiger partial charge on any atom is -0.342 e. The van der Waals surface area contributed by atoms with E-state index in [4.69, 9.17) is 0 Å². The molecular weight excluding hydrogens is 611 g/mol. The number of rotatable bonds is 7. The Bertz CT molecular complexity index is 1780. The van der Waals surface area contributed by atoms with Crippen LogP contribution in [0.2, 0.25) is 0 Å². The van der Waals surface area contributed by atoms with E-state index < -0.39 is 29.7 Å². The fraction of sp³-hybridized carbons (Fsp3) is 0.395. The molecule has 1 N–H and O–H groups in total. The van der Waals surface area contributed by atoms with Crippen LogP contribution in [0.5, 0.6) is 0 Å². The van der Waals surface area contributed by atoms with Crippen LogP contribution in [0.1, 0.15) is 70.4 Å². The van der Waals surface area contributed by atoms with E-state index in [-0.39, 0.29) is 36.6 Å². The summed E-state index contributed by atoms with van der Waals surface area (Å²) in [5, 5.41) is 2.25. The van der Waals surface area contributed by atoms with E-state index in [2.05, 4.69) is 22.3 Å². The first-order valence-corrected chi connectivity index (χ1v) is 16.9. The van der Waals surface area contributed by atoms with Crippen LogP contribution < -0.4 is 5.32 Å². The number of halogens is 1. The Hall–Kier alpha value is -4.70. The van der Waals surface area contributed by atoms with Crippen LogP contribution in [0.4, 0.5) is 4.39 Å². The molecule has 248 valence electrons. The summed E-state index contributed by atoms with van der Waals surface area (Å²) in [7, 11) is 0. The van der Waals surface area contributed by atoms with Crippen molar-refractivity contribution in [3.05, 3.63) is 94.8 Å². The Kier molecular flexibility index (Phi) is 8.92. The molecule has 48 heavy (non-hydrogen) atoms. The molecule has 0 radical (unpaired) electrons. The van der Waals surface area contributed by atoms with Crippen molar-refractivity contribution in [1.29, 1.82) is 0 Å². The molecule has 4 aliphatic rings. The number of hydrogen-bond acceptors (Lipinski definition) is 6. The molecule has 4 aliphatic heterocycles. The number of carbonyl (C=O) groups is 5. The van der Waals surface area contributed by atoms with Crippen molar-refractivity contribution in [1.82, 2.24) is 20.0 Å². The monoisotopic (exact) mass is 650 g/mol. The summed E-state index contributed by atoms with van der Waals surface area (Å²) in [6, 6.07) is 18.8. The van der Waals surface area contributed by atoms with Crippen molar-refractivity contribution in [2.45, 2.75) is 57.5 Å². The molecule has 1 atom stereocenters. The summed E-state index contributed by atoms with van der Waals surface area (Å²) in [6.07, 6.45) is 4.48. The van der Waals surface area contributed by atoms with Gasteiger partial charge < -0.3 is 4.90 Å². The lowest BCUT2D eigenvalue weighted by atomic mass is 9.78. The highest BCUT2D eigenvalue weighted by Gasteiger charge is 2.45. The normalized spacial score (nSPS) is 21.1. The molecular formula is C38H39FN4O5. The molecule has 5 amide bonds.